The molecule has 1 fully saturated rings. The normalized spacial score (nSPS) is 15.8. The molecular weight excluding hydrogens is 435 g/mol. The Morgan fingerprint density at radius 1 is 0.970 bits per heavy atom. The number of anilines is 1. The van der Waals surface area contributed by atoms with Crippen LogP contribution >= 0.6 is 0 Å². The zero-order valence-corrected chi connectivity index (χ0v) is 17.7. The number of fused-ring (bicyclic) bond motifs is 1. The van der Waals surface area contributed by atoms with Crippen LogP contribution in [0.15, 0.2) is 60.7 Å². The minimum Gasteiger partial charge on any atom is -0.454 e. The number of hydrogen-bond donors (Lipinski definition) is 1. The number of carbonyl (C=O) groups excluding carboxylic acids is 1. The zero-order chi connectivity index (χ0) is 23.2. The van der Waals surface area contributed by atoms with Gasteiger partial charge in [-0.3, -0.25) is 4.79 Å². The van der Waals surface area contributed by atoms with Gasteiger partial charge in [-0.25, -0.2) is 0 Å². The summed E-state index contributed by atoms with van der Waals surface area (Å²) in [5, 5.41) is 2.69. The van der Waals surface area contributed by atoms with Crippen molar-refractivity contribution in [2.24, 2.45) is 0 Å². The van der Waals surface area contributed by atoms with Crippen molar-refractivity contribution in [3.05, 3.63) is 71.8 Å². The molecule has 1 aliphatic heterocycles. The van der Waals surface area contributed by atoms with E-state index < -0.39 is 23.4 Å². The predicted octanol–water partition coefficient (Wildman–Crippen LogP) is 5.96. The second-order valence-corrected chi connectivity index (χ2v) is 8.23. The molecule has 0 aromatic heterocycles. The number of benzene rings is 3. The fourth-order valence-electron chi connectivity index (χ4n) is 4.05. The quantitative estimate of drug-likeness (QED) is 0.516. The fourth-order valence-corrected chi connectivity index (χ4v) is 4.05. The lowest BCUT2D eigenvalue weighted by atomic mass is 9.94. The first-order valence-electron chi connectivity index (χ1n) is 10.4. The largest absolute Gasteiger partial charge is 0.573 e. The van der Waals surface area contributed by atoms with E-state index in [4.69, 9.17) is 9.47 Å². The summed E-state index contributed by atoms with van der Waals surface area (Å²) in [6.45, 7) is 2.04. The van der Waals surface area contributed by atoms with E-state index in [0.29, 0.717) is 29.9 Å². The highest BCUT2D eigenvalue weighted by Crippen LogP contribution is 2.51. The minimum absolute atomic E-state index is 0.0386. The molecule has 1 amide bonds. The summed E-state index contributed by atoms with van der Waals surface area (Å²) in [4.78, 5) is 13.3. The Labute approximate surface area is 188 Å². The fraction of sp³-hybridized carbons (Fsp3) is 0.240. The van der Waals surface area contributed by atoms with Crippen LogP contribution in [0.2, 0.25) is 0 Å². The van der Waals surface area contributed by atoms with Gasteiger partial charge >= 0.3 is 6.36 Å². The van der Waals surface area contributed by atoms with Crippen LogP contribution in [-0.4, -0.2) is 19.1 Å². The number of ether oxygens (including phenoxy) is 3. The Kier molecular flexibility index (Phi) is 4.96. The first-order chi connectivity index (χ1) is 15.7. The molecular formula is C25H20F3NO4. The zero-order valence-electron chi connectivity index (χ0n) is 17.7. The van der Waals surface area contributed by atoms with Crippen LogP contribution in [-0.2, 0) is 10.2 Å². The Morgan fingerprint density at radius 3 is 2.45 bits per heavy atom. The van der Waals surface area contributed by atoms with Crippen molar-refractivity contribution in [2.45, 2.75) is 31.5 Å². The molecule has 0 atom stereocenters. The van der Waals surface area contributed by atoms with Crippen molar-refractivity contribution in [3.8, 4) is 28.4 Å². The number of carbonyl (C=O) groups is 1. The van der Waals surface area contributed by atoms with Crippen LogP contribution in [0.3, 0.4) is 0 Å². The van der Waals surface area contributed by atoms with Crippen molar-refractivity contribution in [1.82, 2.24) is 0 Å². The maximum Gasteiger partial charge on any atom is 0.573 e. The van der Waals surface area contributed by atoms with Crippen molar-refractivity contribution >= 4 is 11.6 Å². The van der Waals surface area contributed by atoms with Gasteiger partial charge in [0.15, 0.2) is 17.2 Å². The molecule has 8 heteroatoms. The van der Waals surface area contributed by atoms with E-state index in [1.165, 1.54) is 18.2 Å². The average Bonchev–Trinajstić information content (AvgIpc) is 3.45. The highest BCUT2D eigenvalue weighted by molar-refractivity contribution is 6.02. The van der Waals surface area contributed by atoms with E-state index in [1.54, 1.807) is 18.2 Å². The number of aryl methyl sites for hydroxylation is 1. The van der Waals surface area contributed by atoms with E-state index in [0.717, 1.165) is 16.7 Å². The van der Waals surface area contributed by atoms with E-state index >= 15 is 0 Å². The molecule has 3 aromatic rings. The van der Waals surface area contributed by atoms with Crippen LogP contribution in [0.1, 0.15) is 24.0 Å². The molecule has 0 unspecified atom stereocenters. The summed E-state index contributed by atoms with van der Waals surface area (Å²) < 4.78 is 54.0. The highest BCUT2D eigenvalue weighted by Gasteiger charge is 2.52. The summed E-state index contributed by atoms with van der Waals surface area (Å²) >= 11 is 0. The maximum atomic E-state index is 13.3. The summed E-state index contributed by atoms with van der Waals surface area (Å²) in [5.74, 6) is 0.291. The molecule has 2 aliphatic rings. The van der Waals surface area contributed by atoms with Crippen LogP contribution in [0.4, 0.5) is 18.9 Å². The molecule has 0 spiro atoms. The van der Waals surface area contributed by atoms with Gasteiger partial charge in [0.1, 0.15) is 0 Å². The summed E-state index contributed by atoms with van der Waals surface area (Å²) in [6, 6.07) is 17.1. The molecule has 1 heterocycles. The third-order valence-corrected chi connectivity index (χ3v) is 5.91. The molecule has 5 nitrogen and oxygen atoms in total. The van der Waals surface area contributed by atoms with Crippen LogP contribution in [0, 0.1) is 6.92 Å². The number of rotatable bonds is 5. The molecule has 5 rings (SSSR count). The monoisotopic (exact) mass is 455 g/mol. The van der Waals surface area contributed by atoms with E-state index in [-0.39, 0.29) is 12.5 Å². The number of halogens is 3. The first-order valence-corrected chi connectivity index (χ1v) is 10.4. The van der Waals surface area contributed by atoms with Gasteiger partial charge < -0.3 is 19.5 Å². The second kappa shape index (κ2) is 7.72. The smallest absolute Gasteiger partial charge is 0.454 e. The molecule has 170 valence electrons. The van der Waals surface area contributed by atoms with Gasteiger partial charge in [0, 0.05) is 0 Å². The van der Waals surface area contributed by atoms with Gasteiger partial charge in [-0.2, -0.15) is 0 Å². The van der Waals surface area contributed by atoms with Crippen molar-refractivity contribution in [3.63, 3.8) is 0 Å². The van der Waals surface area contributed by atoms with Gasteiger partial charge in [-0.1, -0.05) is 42.0 Å². The standard InChI is InChI=1S/C25H20F3NO4/c1-15-3-2-4-16(11-15)17-5-7-20(33-25(26,27)28)19(12-17)29-23(30)24(9-10-24)18-6-8-21-22(13-18)32-14-31-21/h2-8,11-13H,9-10,14H2,1H3,(H,29,30). The third kappa shape index (κ3) is 4.20. The Hall–Kier alpha value is -3.68. The van der Waals surface area contributed by atoms with Crippen molar-refractivity contribution in [2.75, 3.05) is 12.1 Å². The number of alkyl halides is 3. The molecule has 0 saturated heterocycles. The number of amides is 1. The van der Waals surface area contributed by atoms with Crippen LogP contribution < -0.4 is 19.5 Å². The van der Waals surface area contributed by atoms with Gasteiger partial charge in [0.05, 0.1) is 11.1 Å². The predicted molar refractivity (Wildman–Crippen MR) is 115 cm³/mol. The Balaban J connectivity index is 1.48. The van der Waals surface area contributed by atoms with E-state index in [2.05, 4.69) is 10.1 Å². The Morgan fingerprint density at radius 2 is 1.73 bits per heavy atom. The van der Waals surface area contributed by atoms with Gasteiger partial charge in [-0.15, -0.1) is 13.2 Å². The SMILES string of the molecule is Cc1cccc(-c2ccc(OC(F)(F)F)c(NC(=O)C3(c4ccc5c(c4)OCO5)CC3)c2)c1. The molecule has 33 heavy (non-hydrogen) atoms. The van der Waals surface area contributed by atoms with E-state index in [1.807, 2.05) is 31.2 Å². The topological polar surface area (TPSA) is 56.8 Å². The molecule has 0 radical (unpaired) electrons. The first kappa shape index (κ1) is 21.2. The lowest BCUT2D eigenvalue weighted by Crippen LogP contribution is -2.28. The van der Waals surface area contributed by atoms with Crippen LogP contribution in [0.25, 0.3) is 11.1 Å². The minimum atomic E-state index is -4.89. The molecule has 3 aromatic carbocycles. The molecule has 1 aliphatic carbocycles. The van der Waals surface area contributed by atoms with Crippen molar-refractivity contribution in [1.29, 1.82) is 0 Å². The second-order valence-electron chi connectivity index (χ2n) is 8.23. The van der Waals surface area contributed by atoms with Gasteiger partial charge in [0.2, 0.25) is 12.7 Å². The maximum absolute atomic E-state index is 13.3. The van der Waals surface area contributed by atoms with E-state index in [9.17, 15) is 18.0 Å². The summed E-state index contributed by atoms with van der Waals surface area (Å²) in [7, 11) is 0. The summed E-state index contributed by atoms with van der Waals surface area (Å²) in [6.07, 6.45) is -3.74. The molecule has 0 bridgehead atoms. The number of hydrogen-bond acceptors (Lipinski definition) is 4. The molecule has 1 saturated carbocycles. The van der Waals surface area contributed by atoms with Crippen molar-refractivity contribution < 1.29 is 32.2 Å². The van der Waals surface area contributed by atoms with Gasteiger partial charge in [-0.05, 0) is 60.7 Å². The Bertz CT molecular complexity index is 1230. The lowest BCUT2D eigenvalue weighted by molar-refractivity contribution is -0.274. The van der Waals surface area contributed by atoms with Gasteiger partial charge in [0.25, 0.3) is 0 Å². The lowest BCUT2D eigenvalue weighted by Gasteiger charge is -2.19. The average molecular weight is 455 g/mol. The highest BCUT2D eigenvalue weighted by atomic mass is 19.4. The number of nitrogens with one attached hydrogen (secondary N) is 1. The summed E-state index contributed by atoms with van der Waals surface area (Å²) in [5.41, 5.74) is 2.35. The molecule has 1 N–H and O–H groups in total. The third-order valence-electron chi connectivity index (χ3n) is 5.91. The van der Waals surface area contributed by atoms with Crippen LogP contribution in [0.5, 0.6) is 17.2 Å².